The summed E-state index contributed by atoms with van der Waals surface area (Å²) in [6.07, 6.45) is 1.40. The highest BCUT2D eigenvalue weighted by molar-refractivity contribution is 6.51. The van der Waals surface area contributed by atoms with Gasteiger partial charge >= 0.3 is 5.97 Å². The van der Waals surface area contributed by atoms with Crippen molar-refractivity contribution in [2.24, 2.45) is 0 Å². The van der Waals surface area contributed by atoms with Crippen LogP contribution in [-0.4, -0.2) is 36.0 Å². The molecule has 0 spiro atoms. The molecule has 1 unspecified atom stereocenters. The number of Topliss-reactive ketones (excluding diaryl/α,β-unsaturated/α-hetero) is 1. The Hall–Kier alpha value is -4.33. The van der Waals surface area contributed by atoms with E-state index in [2.05, 4.69) is 0 Å². The summed E-state index contributed by atoms with van der Waals surface area (Å²) in [6.45, 7) is 5.66. The summed E-state index contributed by atoms with van der Waals surface area (Å²) < 4.78 is 16.0. The van der Waals surface area contributed by atoms with Crippen LogP contribution >= 0.6 is 0 Å². The summed E-state index contributed by atoms with van der Waals surface area (Å²) in [5.41, 5.74) is 1.69. The SMILES string of the molecule is COC(=O)c1ccc(N2C(=O)C(=O)/C(=C(\O)c3ccc(OC(C)C)c(C)c3)C2c2ccco2)cc1. The van der Waals surface area contributed by atoms with Crippen LogP contribution in [0.2, 0.25) is 0 Å². The smallest absolute Gasteiger partial charge is 0.337 e. The number of carbonyl (C=O) groups is 3. The average molecular weight is 475 g/mol. The molecule has 1 atom stereocenters. The highest BCUT2D eigenvalue weighted by Crippen LogP contribution is 2.42. The second-order valence-corrected chi connectivity index (χ2v) is 8.37. The van der Waals surface area contributed by atoms with Crippen molar-refractivity contribution in [3.8, 4) is 5.75 Å². The summed E-state index contributed by atoms with van der Waals surface area (Å²) in [7, 11) is 1.27. The molecule has 4 rings (SSSR count). The number of hydrogen-bond donors (Lipinski definition) is 1. The van der Waals surface area contributed by atoms with Crippen LogP contribution in [0.3, 0.4) is 0 Å². The lowest BCUT2D eigenvalue weighted by molar-refractivity contribution is -0.132. The Bertz CT molecular complexity index is 1300. The van der Waals surface area contributed by atoms with Crippen molar-refractivity contribution in [2.45, 2.75) is 32.9 Å². The minimum atomic E-state index is -0.999. The van der Waals surface area contributed by atoms with Crippen molar-refractivity contribution < 1.29 is 33.4 Å². The van der Waals surface area contributed by atoms with Crippen LogP contribution in [0.25, 0.3) is 5.76 Å². The number of ether oxygens (including phenoxy) is 2. The number of hydrogen-bond acceptors (Lipinski definition) is 7. The molecule has 0 radical (unpaired) electrons. The number of aliphatic hydroxyl groups is 1. The maximum atomic E-state index is 13.2. The first kappa shape index (κ1) is 23.8. The summed E-state index contributed by atoms with van der Waals surface area (Å²) in [5.74, 6) is -1.56. The van der Waals surface area contributed by atoms with E-state index in [9.17, 15) is 19.5 Å². The van der Waals surface area contributed by atoms with E-state index in [0.717, 1.165) is 5.56 Å². The average Bonchev–Trinajstić information content (AvgIpc) is 3.46. The number of nitrogens with zero attached hydrogens (tertiary/aromatic N) is 1. The van der Waals surface area contributed by atoms with Gasteiger partial charge in [-0.25, -0.2) is 4.79 Å². The summed E-state index contributed by atoms with van der Waals surface area (Å²) >= 11 is 0. The maximum absolute atomic E-state index is 13.2. The number of carbonyl (C=O) groups excluding carboxylic acids is 3. The van der Waals surface area contributed by atoms with Gasteiger partial charge in [-0.15, -0.1) is 0 Å². The molecule has 1 aliphatic rings. The normalized spacial score (nSPS) is 17.2. The topological polar surface area (TPSA) is 106 Å². The van der Waals surface area contributed by atoms with Gasteiger partial charge in [-0.1, -0.05) is 0 Å². The molecular weight excluding hydrogens is 450 g/mol. The van der Waals surface area contributed by atoms with Gasteiger partial charge in [-0.3, -0.25) is 14.5 Å². The lowest BCUT2D eigenvalue weighted by Gasteiger charge is -2.23. The number of esters is 1. The number of anilines is 1. The Morgan fingerprint density at radius 2 is 1.74 bits per heavy atom. The van der Waals surface area contributed by atoms with Gasteiger partial charge in [0, 0.05) is 11.3 Å². The largest absolute Gasteiger partial charge is 0.507 e. The number of furan rings is 1. The van der Waals surface area contributed by atoms with Crippen molar-refractivity contribution in [2.75, 3.05) is 12.0 Å². The minimum Gasteiger partial charge on any atom is -0.507 e. The first-order chi connectivity index (χ1) is 16.7. The maximum Gasteiger partial charge on any atom is 0.337 e. The molecule has 180 valence electrons. The molecule has 8 heteroatoms. The van der Waals surface area contributed by atoms with Crippen molar-refractivity contribution in [3.05, 3.63) is 88.9 Å². The number of aryl methyl sites for hydroxylation is 1. The second-order valence-electron chi connectivity index (χ2n) is 8.37. The number of ketones is 1. The number of benzene rings is 2. The van der Waals surface area contributed by atoms with E-state index < -0.39 is 23.7 Å². The fourth-order valence-corrected chi connectivity index (χ4v) is 4.03. The fraction of sp³-hybridized carbons (Fsp3) is 0.222. The predicted molar refractivity (Wildman–Crippen MR) is 128 cm³/mol. The molecule has 1 aliphatic heterocycles. The third-order valence-corrected chi connectivity index (χ3v) is 5.63. The number of methoxy groups -OCH3 is 1. The molecule has 2 heterocycles. The molecule has 3 aromatic rings. The Morgan fingerprint density at radius 3 is 2.31 bits per heavy atom. The highest BCUT2D eigenvalue weighted by atomic mass is 16.5. The van der Waals surface area contributed by atoms with E-state index in [1.165, 1.54) is 42.5 Å². The first-order valence-corrected chi connectivity index (χ1v) is 11.0. The molecule has 1 fully saturated rings. The van der Waals surface area contributed by atoms with E-state index in [0.29, 0.717) is 28.3 Å². The van der Waals surface area contributed by atoms with E-state index in [-0.39, 0.29) is 17.4 Å². The summed E-state index contributed by atoms with van der Waals surface area (Å²) in [6, 6.07) is 13.4. The van der Waals surface area contributed by atoms with Crippen LogP contribution in [0.4, 0.5) is 5.69 Å². The zero-order valence-electron chi connectivity index (χ0n) is 19.8. The van der Waals surface area contributed by atoms with Gasteiger partial charge in [0.05, 0.1) is 30.6 Å². The van der Waals surface area contributed by atoms with Gasteiger partial charge in [0.25, 0.3) is 11.7 Å². The van der Waals surface area contributed by atoms with E-state index >= 15 is 0 Å². The Labute approximate surface area is 202 Å². The molecule has 1 N–H and O–H groups in total. The number of aliphatic hydroxyl groups excluding tert-OH is 1. The molecule has 35 heavy (non-hydrogen) atoms. The van der Waals surface area contributed by atoms with Crippen molar-refractivity contribution >= 4 is 29.1 Å². The molecule has 2 aromatic carbocycles. The number of rotatable bonds is 6. The standard InChI is InChI=1S/C27H25NO7/c1-15(2)35-20-12-9-18(14-16(20)3)24(29)22-23(21-6-5-13-34-21)28(26(31)25(22)30)19-10-7-17(8-11-19)27(32)33-4/h5-15,23,29H,1-4H3/b24-22-. The second kappa shape index (κ2) is 9.50. The Kier molecular flexibility index (Phi) is 6.46. The molecule has 8 nitrogen and oxygen atoms in total. The predicted octanol–water partition coefficient (Wildman–Crippen LogP) is 4.79. The summed E-state index contributed by atoms with van der Waals surface area (Å²) in [5, 5.41) is 11.2. The number of amides is 1. The Morgan fingerprint density at radius 1 is 1.06 bits per heavy atom. The Balaban J connectivity index is 1.82. The van der Waals surface area contributed by atoms with Crippen molar-refractivity contribution in [1.82, 2.24) is 0 Å². The van der Waals surface area contributed by atoms with Gasteiger partial charge in [0.2, 0.25) is 0 Å². The van der Waals surface area contributed by atoms with Crippen molar-refractivity contribution in [1.29, 1.82) is 0 Å². The van der Waals surface area contributed by atoms with Crippen LogP contribution in [0.5, 0.6) is 5.75 Å². The zero-order chi connectivity index (χ0) is 25.3. The molecule has 0 bridgehead atoms. The fourth-order valence-electron chi connectivity index (χ4n) is 4.03. The third-order valence-electron chi connectivity index (χ3n) is 5.63. The van der Waals surface area contributed by atoms with E-state index in [4.69, 9.17) is 13.9 Å². The molecule has 0 saturated carbocycles. The monoisotopic (exact) mass is 475 g/mol. The molecular formula is C27H25NO7. The zero-order valence-corrected chi connectivity index (χ0v) is 19.8. The minimum absolute atomic E-state index is 0.0250. The van der Waals surface area contributed by atoms with Crippen LogP contribution in [-0.2, 0) is 14.3 Å². The van der Waals surface area contributed by atoms with E-state index in [1.54, 1.807) is 30.3 Å². The van der Waals surface area contributed by atoms with Gasteiger partial charge in [-0.2, -0.15) is 0 Å². The quantitative estimate of drug-likeness (QED) is 0.236. The van der Waals surface area contributed by atoms with E-state index in [1.807, 2.05) is 20.8 Å². The highest BCUT2D eigenvalue weighted by Gasteiger charge is 2.48. The van der Waals surface area contributed by atoms with Crippen molar-refractivity contribution in [3.63, 3.8) is 0 Å². The summed E-state index contributed by atoms with van der Waals surface area (Å²) in [4.78, 5) is 39.4. The molecule has 1 saturated heterocycles. The van der Waals surface area contributed by atoms with Crippen LogP contribution < -0.4 is 9.64 Å². The lowest BCUT2D eigenvalue weighted by Crippen LogP contribution is -2.29. The van der Waals surface area contributed by atoms with Gasteiger partial charge in [0.1, 0.15) is 23.3 Å². The van der Waals surface area contributed by atoms with Gasteiger partial charge in [-0.05, 0) is 80.9 Å². The third kappa shape index (κ3) is 4.42. The molecule has 1 aromatic heterocycles. The van der Waals surface area contributed by atoms with Gasteiger partial charge in [0.15, 0.2) is 0 Å². The van der Waals surface area contributed by atoms with Crippen LogP contribution in [0.15, 0.2) is 70.9 Å². The molecule has 0 aliphatic carbocycles. The lowest BCUT2D eigenvalue weighted by atomic mass is 9.98. The molecule has 1 amide bonds. The van der Waals surface area contributed by atoms with Crippen LogP contribution in [0.1, 0.15) is 47.1 Å². The first-order valence-electron chi connectivity index (χ1n) is 11.0. The van der Waals surface area contributed by atoms with Crippen LogP contribution in [0, 0.1) is 6.92 Å². The van der Waals surface area contributed by atoms with Gasteiger partial charge < -0.3 is 19.0 Å².